The predicted octanol–water partition coefficient (Wildman–Crippen LogP) is 4.49. The molecule has 0 bridgehead atoms. The Morgan fingerprint density at radius 1 is 1.00 bits per heavy atom. The molecule has 0 amide bonds. The van der Waals surface area contributed by atoms with E-state index in [1.165, 1.54) is 12.1 Å². The van der Waals surface area contributed by atoms with Gasteiger partial charge in [0.05, 0.1) is 11.8 Å². The third-order valence-electron chi connectivity index (χ3n) is 4.69. The van der Waals surface area contributed by atoms with Gasteiger partial charge in [0, 0.05) is 31.3 Å². The zero-order valence-corrected chi connectivity index (χ0v) is 15.6. The Labute approximate surface area is 164 Å². The van der Waals surface area contributed by atoms with Crippen LogP contribution in [0.4, 0.5) is 16.2 Å². The van der Waals surface area contributed by atoms with E-state index < -0.39 is 0 Å². The molecular formula is C22H23FN4O. The third-order valence-corrected chi connectivity index (χ3v) is 4.69. The summed E-state index contributed by atoms with van der Waals surface area (Å²) in [4.78, 5) is 9.25. The molecule has 5 nitrogen and oxygen atoms in total. The van der Waals surface area contributed by atoms with Crippen LogP contribution in [-0.4, -0.2) is 29.2 Å². The number of nitrogens with zero attached hydrogens (tertiary/aromatic N) is 2. The van der Waals surface area contributed by atoms with Crippen molar-refractivity contribution in [2.75, 3.05) is 23.8 Å². The lowest BCUT2D eigenvalue weighted by Gasteiger charge is -2.14. The van der Waals surface area contributed by atoms with Crippen LogP contribution < -0.4 is 10.6 Å². The molecule has 1 aromatic heterocycles. The molecule has 0 radical (unpaired) electrons. The van der Waals surface area contributed by atoms with E-state index in [-0.39, 0.29) is 11.9 Å². The fourth-order valence-electron chi connectivity index (χ4n) is 3.18. The van der Waals surface area contributed by atoms with Gasteiger partial charge in [-0.15, -0.1) is 0 Å². The molecule has 144 valence electrons. The molecule has 0 aliphatic carbocycles. The first-order valence-corrected chi connectivity index (χ1v) is 9.54. The van der Waals surface area contributed by atoms with E-state index in [2.05, 4.69) is 20.6 Å². The molecule has 4 rings (SSSR count). The Morgan fingerprint density at radius 3 is 2.57 bits per heavy atom. The van der Waals surface area contributed by atoms with E-state index in [1.807, 2.05) is 36.4 Å². The molecule has 3 aromatic rings. The van der Waals surface area contributed by atoms with Crippen molar-refractivity contribution in [1.82, 2.24) is 9.97 Å². The average Bonchev–Trinajstić information content (AvgIpc) is 3.26. The van der Waals surface area contributed by atoms with Gasteiger partial charge in [-0.1, -0.05) is 42.5 Å². The van der Waals surface area contributed by atoms with Gasteiger partial charge >= 0.3 is 0 Å². The molecule has 1 aliphatic heterocycles. The normalized spacial score (nSPS) is 16.1. The van der Waals surface area contributed by atoms with E-state index in [9.17, 15) is 4.39 Å². The molecule has 1 unspecified atom stereocenters. The second kappa shape index (κ2) is 8.80. The van der Waals surface area contributed by atoms with Crippen molar-refractivity contribution in [3.8, 4) is 11.3 Å². The van der Waals surface area contributed by atoms with Crippen molar-refractivity contribution in [2.45, 2.75) is 25.5 Å². The highest BCUT2D eigenvalue weighted by Crippen LogP contribution is 2.22. The number of ether oxygens (including phenoxy) is 1. The van der Waals surface area contributed by atoms with Crippen LogP contribution in [0.1, 0.15) is 18.4 Å². The molecule has 2 N–H and O–H groups in total. The highest BCUT2D eigenvalue weighted by Gasteiger charge is 2.16. The first kappa shape index (κ1) is 18.4. The lowest BCUT2D eigenvalue weighted by molar-refractivity contribution is 0.120. The summed E-state index contributed by atoms with van der Waals surface area (Å²) in [5.74, 6) is 1.05. The largest absolute Gasteiger partial charge is 0.376 e. The molecule has 1 fully saturated rings. The summed E-state index contributed by atoms with van der Waals surface area (Å²) in [7, 11) is 0. The smallest absolute Gasteiger partial charge is 0.225 e. The molecule has 1 atom stereocenters. The van der Waals surface area contributed by atoms with Crippen LogP contribution in [0, 0.1) is 5.82 Å². The van der Waals surface area contributed by atoms with Crippen LogP contribution in [0.25, 0.3) is 11.3 Å². The summed E-state index contributed by atoms with van der Waals surface area (Å²) >= 11 is 0. The van der Waals surface area contributed by atoms with Gasteiger partial charge in [0.2, 0.25) is 5.95 Å². The lowest BCUT2D eigenvalue weighted by atomic mass is 10.1. The summed E-state index contributed by atoms with van der Waals surface area (Å²) in [6.45, 7) is 2.06. The second-order valence-electron chi connectivity index (χ2n) is 6.82. The summed E-state index contributed by atoms with van der Waals surface area (Å²) in [5, 5.41) is 6.62. The quantitative estimate of drug-likeness (QED) is 0.635. The molecule has 0 spiro atoms. The lowest BCUT2D eigenvalue weighted by Crippen LogP contribution is -2.20. The van der Waals surface area contributed by atoms with Crippen molar-refractivity contribution >= 4 is 11.8 Å². The molecular weight excluding hydrogens is 355 g/mol. The zero-order chi connectivity index (χ0) is 19.2. The minimum absolute atomic E-state index is 0.208. The SMILES string of the molecule is Fc1ccc(CNc2cc(-c3ccccc3)nc(NCC3CCCO3)n2)cc1. The molecule has 0 saturated carbocycles. The minimum Gasteiger partial charge on any atom is -0.376 e. The maximum absolute atomic E-state index is 13.1. The van der Waals surface area contributed by atoms with E-state index in [0.29, 0.717) is 24.9 Å². The van der Waals surface area contributed by atoms with Crippen LogP contribution in [0.2, 0.25) is 0 Å². The Bertz CT molecular complexity index is 896. The Balaban J connectivity index is 1.53. The van der Waals surface area contributed by atoms with Crippen LogP contribution in [0.5, 0.6) is 0 Å². The predicted molar refractivity (Wildman–Crippen MR) is 109 cm³/mol. The van der Waals surface area contributed by atoms with E-state index in [0.717, 1.165) is 36.3 Å². The van der Waals surface area contributed by atoms with Crippen LogP contribution in [-0.2, 0) is 11.3 Å². The van der Waals surface area contributed by atoms with Crippen molar-refractivity contribution < 1.29 is 9.13 Å². The maximum atomic E-state index is 13.1. The number of anilines is 2. The number of benzene rings is 2. The van der Waals surface area contributed by atoms with Crippen molar-refractivity contribution in [3.63, 3.8) is 0 Å². The summed E-state index contributed by atoms with van der Waals surface area (Å²) in [6, 6.07) is 18.4. The van der Waals surface area contributed by atoms with Crippen molar-refractivity contribution in [2.24, 2.45) is 0 Å². The van der Waals surface area contributed by atoms with Crippen LogP contribution in [0.3, 0.4) is 0 Å². The van der Waals surface area contributed by atoms with Gasteiger partial charge in [-0.25, -0.2) is 9.37 Å². The Hall–Kier alpha value is -2.99. The van der Waals surface area contributed by atoms with Gasteiger partial charge in [-0.3, -0.25) is 0 Å². The van der Waals surface area contributed by atoms with Gasteiger partial charge in [0.15, 0.2) is 0 Å². The highest BCUT2D eigenvalue weighted by atomic mass is 19.1. The van der Waals surface area contributed by atoms with Crippen LogP contribution >= 0.6 is 0 Å². The topological polar surface area (TPSA) is 59.1 Å². The summed E-state index contributed by atoms with van der Waals surface area (Å²) in [5.41, 5.74) is 2.84. The molecule has 6 heteroatoms. The molecule has 1 aliphatic rings. The monoisotopic (exact) mass is 378 g/mol. The van der Waals surface area contributed by atoms with E-state index in [4.69, 9.17) is 4.74 Å². The minimum atomic E-state index is -0.238. The third kappa shape index (κ3) is 4.84. The molecule has 1 saturated heterocycles. The number of hydrogen-bond donors (Lipinski definition) is 2. The van der Waals surface area contributed by atoms with E-state index >= 15 is 0 Å². The number of halogens is 1. The molecule has 28 heavy (non-hydrogen) atoms. The molecule has 2 heterocycles. The van der Waals surface area contributed by atoms with Gasteiger partial charge in [0.1, 0.15) is 11.6 Å². The number of hydrogen-bond acceptors (Lipinski definition) is 5. The standard InChI is InChI=1S/C22H23FN4O/c23-18-10-8-16(9-11-18)14-24-21-13-20(17-5-2-1-3-6-17)26-22(27-21)25-15-19-7-4-12-28-19/h1-3,5-6,8-11,13,19H,4,7,12,14-15H2,(H2,24,25,26,27). The number of rotatable bonds is 7. The van der Waals surface area contributed by atoms with Gasteiger partial charge < -0.3 is 15.4 Å². The summed E-state index contributed by atoms with van der Waals surface area (Å²) in [6.07, 6.45) is 2.36. The maximum Gasteiger partial charge on any atom is 0.225 e. The zero-order valence-electron chi connectivity index (χ0n) is 15.6. The second-order valence-corrected chi connectivity index (χ2v) is 6.82. The van der Waals surface area contributed by atoms with Crippen molar-refractivity contribution in [1.29, 1.82) is 0 Å². The molecule has 2 aromatic carbocycles. The Kier molecular flexibility index (Phi) is 5.77. The average molecular weight is 378 g/mol. The highest BCUT2D eigenvalue weighted by molar-refractivity contribution is 5.64. The van der Waals surface area contributed by atoms with Crippen molar-refractivity contribution in [3.05, 3.63) is 72.0 Å². The number of nitrogens with one attached hydrogen (secondary N) is 2. The first-order valence-electron chi connectivity index (χ1n) is 9.54. The summed E-state index contributed by atoms with van der Waals surface area (Å²) < 4.78 is 18.8. The fraction of sp³-hybridized carbons (Fsp3) is 0.273. The van der Waals surface area contributed by atoms with Gasteiger partial charge in [-0.05, 0) is 30.5 Å². The van der Waals surface area contributed by atoms with Gasteiger partial charge in [0.25, 0.3) is 0 Å². The van der Waals surface area contributed by atoms with Crippen LogP contribution in [0.15, 0.2) is 60.7 Å². The first-order chi connectivity index (χ1) is 13.8. The Morgan fingerprint density at radius 2 is 1.82 bits per heavy atom. The van der Waals surface area contributed by atoms with Gasteiger partial charge in [-0.2, -0.15) is 4.98 Å². The number of aromatic nitrogens is 2. The van der Waals surface area contributed by atoms with E-state index in [1.54, 1.807) is 12.1 Å². The fourth-order valence-corrected chi connectivity index (χ4v) is 3.18.